The van der Waals surface area contributed by atoms with E-state index in [4.69, 9.17) is 18.2 Å². The number of nitrogens with zero attached hydrogens (tertiary/aromatic N) is 1. The largest absolute Gasteiger partial charge is 0.506 e. The molecule has 1 aromatic carbocycles. The van der Waals surface area contributed by atoms with Gasteiger partial charge in [0, 0.05) is 6.42 Å². The maximum Gasteiger partial charge on any atom is 0.233 e. The number of ketones is 1. The van der Waals surface area contributed by atoms with E-state index >= 15 is 0 Å². The molecule has 1 N–H and O–H groups in total. The SMILES string of the molecule is [C-]#[N+]C1=C2c3ccc(O)c(Cl)c3CC2(CCCC)CCC1=O. The molecule has 0 saturated heterocycles. The molecule has 114 valence electrons. The van der Waals surface area contributed by atoms with E-state index in [0.29, 0.717) is 11.4 Å². The number of hydrogen-bond donors (Lipinski definition) is 1. The van der Waals surface area contributed by atoms with E-state index in [1.807, 2.05) is 6.07 Å². The van der Waals surface area contributed by atoms with Crippen molar-refractivity contribution in [1.82, 2.24) is 0 Å². The summed E-state index contributed by atoms with van der Waals surface area (Å²) in [7, 11) is 0. The number of fused-ring (bicyclic) bond motifs is 3. The van der Waals surface area contributed by atoms with E-state index in [2.05, 4.69) is 11.8 Å². The Morgan fingerprint density at radius 1 is 1.45 bits per heavy atom. The molecule has 3 rings (SSSR count). The molecule has 0 heterocycles. The predicted octanol–water partition coefficient (Wildman–Crippen LogP) is 4.77. The minimum absolute atomic E-state index is 0.0610. The van der Waals surface area contributed by atoms with Gasteiger partial charge in [0.2, 0.25) is 5.70 Å². The Morgan fingerprint density at radius 2 is 2.23 bits per heavy atom. The Labute approximate surface area is 135 Å². The molecule has 0 amide bonds. The average Bonchev–Trinajstić information content (AvgIpc) is 2.85. The molecule has 2 aliphatic carbocycles. The Bertz CT molecular complexity index is 729. The van der Waals surface area contributed by atoms with Gasteiger partial charge in [0.15, 0.2) is 5.78 Å². The lowest BCUT2D eigenvalue weighted by Gasteiger charge is -2.35. The summed E-state index contributed by atoms with van der Waals surface area (Å²) >= 11 is 6.29. The first-order chi connectivity index (χ1) is 10.5. The van der Waals surface area contributed by atoms with Gasteiger partial charge in [0.05, 0.1) is 11.6 Å². The number of halogens is 1. The zero-order valence-corrected chi connectivity index (χ0v) is 13.3. The minimum atomic E-state index is -0.163. The fourth-order valence-corrected chi connectivity index (χ4v) is 4.13. The fourth-order valence-electron chi connectivity index (χ4n) is 3.90. The van der Waals surface area contributed by atoms with Crippen molar-refractivity contribution < 1.29 is 9.90 Å². The van der Waals surface area contributed by atoms with Gasteiger partial charge in [-0.1, -0.05) is 37.4 Å². The van der Waals surface area contributed by atoms with Gasteiger partial charge in [0.1, 0.15) is 5.75 Å². The molecular formula is C18H18ClNO2. The molecule has 0 radical (unpaired) electrons. The van der Waals surface area contributed by atoms with E-state index in [-0.39, 0.29) is 22.6 Å². The van der Waals surface area contributed by atoms with Crippen LogP contribution >= 0.6 is 11.6 Å². The fraction of sp³-hybridized carbons (Fsp3) is 0.444. The van der Waals surface area contributed by atoms with Gasteiger partial charge in [-0.2, -0.15) is 0 Å². The predicted molar refractivity (Wildman–Crippen MR) is 86.5 cm³/mol. The van der Waals surface area contributed by atoms with E-state index in [1.165, 1.54) is 0 Å². The van der Waals surface area contributed by atoms with Gasteiger partial charge >= 0.3 is 0 Å². The van der Waals surface area contributed by atoms with Gasteiger partial charge < -0.3 is 9.90 Å². The number of benzene rings is 1. The van der Waals surface area contributed by atoms with Crippen molar-refractivity contribution in [1.29, 1.82) is 0 Å². The number of carbonyl (C=O) groups is 1. The van der Waals surface area contributed by atoms with E-state index in [0.717, 1.165) is 48.8 Å². The molecule has 1 aromatic rings. The second kappa shape index (κ2) is 5.44. The Hall–Kier alpha value is -1.79. The van der Waals surface area contributed by atoms with Gasteiger partial charge in [-0.25, -0.2) is 4.85 Å². The highest BCUT2D eigenvalue weighted by Crippen LogP contribution is 2.58. The lowest BCUT2D eigenvalue weighted by Crippen LogP contribution is -2.28. The quantitative estimate of drug-likeness (QED) is 0.816. The summed E-state index contributed by atoms with van der Waals surface area (Å²) in [5, 5.41) is 10.2. The molecule has 3 nitrogen and oxygen atoms in total. The summed E-state index contributed by atoms with van der Waals surface area (Å²) in [5.41, 5.74) is 2.78. The number of allylic oxidation sites excluding steroid dienone is 2. The monoisotopic (exact) mass is 315 g/mol. The molecule has 22 heavy (non-hydrogen) atoms. The maximum atomic E-state index is 12.2. The second-order valence-electron chi connectivity index (χ2n) is 6.24. The van der Waals surface area contributed by atoms with Crippen LogP contribution in [0.15, 0.2) is 17.8 Å². The smallest absolute Gasteiger partial charge is 0.233 e. The van der Waals surface area contributed by atoms with Crippen molar-refractivity contribution in [2.45, 2.75) is 45.4 Å². The molecule has 4 heteroatoms. The van der Waals surface area contributed by atoms with Crippen molar-refractivity contribution in [2.24, 2.45) is 5.41 Å². The van der Waals surface area contributed by atoms with Gasteiger partial charge in [-0.15, -0.1) is 0 Å². The number of unbranched alkanes of at least 4 members (excludes halogenated alkanes) is 1. The van der Waals surface area contributed by atoms with Crippen LogP contribution in [0.5, 0.6) is 5.75 Å². The molecule has 0 aliphatic heterocycles. The van der Waals surface area contributed by atoms with Crippen LogP contribution in [0.1, 0.15) is 50.2 Å². The zero-order valence-electron chi connectivity index (χ0n) is 12.6. The second-order valence-corrected chi connectivity index (χ2v) is 6.62. The highest BCUT2D eigenvalue weighted by molar-refractivity contribution is 6.33. The molecule has 0 fully saturated rings. The van der Waals surface area contributed by atoms with Crippen LogP contribution in [0.4, 0.5) is 0 Å². The number of hydrogen-bond acceptors (Lipinski definition) is 2. The molecule has 0 saturated carbocycles. The Balaban J connectivity index is 2.25. The van der Waals surface area contributed by atoms with Crippen LogP contribution in [0.3, 0.4) is 0 Å². The third-order valence-electron chi connectivity index (χ3n) is 4.99. The lowest BCUT2D eigenvalue weighted by atomic mass is 9.68. The minimum Gasteiger partial charge on any atom is -0.506 e. The van der Waals surface area contributed by atoms with E-state index in [9.17, 15) is 9.90 Å². The van der Waals surface area contributed by atoms with Crippen molar-refractivity contribution in [2.75, 3.05) is 0 Å². The summed E-state index contributed by atoms with van der Waals surface area (Å²) in [6.45, 7) is 9.59. The summed E-state index contributed by atoms with van der Waals surface area (Å²) in [6, 6.07) is 3.37. The first-order valence-corrected chi connectivity index (χ1v) is 8.08. The van der Waals surface area contributed by atoms with Crippen molar-refractivity contribution in [3.63, 3.8) is 0 Å². The van der Waals surface area contributed by atoms with Crippen molar-refractivity contribution in [3.8, 4) is 5.75 Å². The topological polar surface area (TPSA) is 41.7 Å². The molecule has 1 unspecified atom stereocenters. The normalized spacial score (nSPS) is 23.2. The summed E-state index contributed by atoms with van der Waals surface area (Å²) < 4.78 is 0. The first-order valence-electron chi connectivity index (χ1n) is 7.70. The zero-order chi connectivity index (χ0) is 15.9. The Morgan fingerprint density at radius 3 is 2.91 bits per heavy atom. The molecule has 0 aromatic heterocycles. The molecule has 2 aliphatic rings. The Kier molecular flexibility index (Phi) is 3.74. The molecular weight excluding hydrogens is 298 g/mol. The maximum absolute atomic E-state index is 12.2. The summed E-state index contributed by atoms with van der Waals surface area (Å²) in [4.78, 5) is 15.7. The molecule has 0 bridgehead atoms. The van der Waals surface area contributed by atoms with Gasteiger partial charge in [-0.05, 0) is 47.4 Å². The van der Waals surface area contributed by atoms with E-state index < -0.39 is 0 Å². The average molecular weight is 316 g/mol. The van der Waals surface area contributed by atoms with Crippen LogP contribution in [-0.4, -0.2) is 10.9 Å². The van der Waals surface area contributed by atoms with Crippen LogP contribution in [0, 0.1) is 12.0 Å². The van der Waals surface area contributed by atoms with Crippen LogP contribution in [0.25, 0.3) is 10.4 Å². The standard InChI is InChI=1S/C18H18ClNO2/c1-3-4-8-18-9-7-14(22)17(20-2)15(18)11-5-6-13(21)16(19)12(11)10-18/h5-6,21H,3-4,7-10H2,1H3. The number of carbonyl (C=O) groups excluding carboxylic acids is 1. The van der Waals surface area contributed by atoms with Crippen molar-refractivity contribution >= 4 is 23.0 Å². The summed E-state index contributed by atoms with van der Waals surface area (Å²) in [6.07, 6.45) is 5.01. The summed E-state index contributed by atoms with van der Waals surface area (Å²) in [5.74, 6) is 0.00941. The number of aromatic hydroxyl groups is 1. The number of Topliss-reactive ketones (excluding diaryl/α,β-unsaturated/α-hetero) is 1. The lowest BCUT2D eigenvalue weighted by molar-refractivity contribution is -0.116. The number of phenols is 1. The highest BCUT2D eigenvalue weighted by atomic mass is 35.5. The third kappa shape index (κ3) is 2.06. The van der Waals surface area contributed by atoms with Crippen molar-refractivity contribution in [3.05, 3.63) is 45.4 Å². The number of rotatable bonds is 3. The number of phenolic OH excluding ortho intramolecular Hbond substituents is 1. The molecule has 0 spiro atoms. The van der Waals surface area contributed by atoms with Gasteiger partial charge in [0.25, 0.3) is 0 Å². The third-order valence-corrected chi connectivity index (χ3v) is 5.41. The molecule has 1 atom stereocenters. The van der Waals surface area contributed by atoms with Crippen LogP contribution in [0.2, 0.25) is 5.02 Å². The van der Waals surface area contributed by atoms with E-state index in [1.54, 1.807) is 6.07 Å². The first kappa shape index (κ1) is 15.1. The van der Waals surface area contributed by atoms with Gasteiger partial charge in [-0.3, -0.25) is 0 Å². The highest BCUT2D eigenvalue weighted by Gasteiger charge is 2.47. The van der Waals surface area contributed by atoms with Crippen LogP contribution < -0.4 is 0 Å². The van der Waals surface area contributed by atoms with Crippen LogP contribution in [-0.2, 0) is 11.2 Å².